The first kappa shape index (κ1) is 21.8. The molecule has 1 unspecified atom stereocenters. The molecule has 0 radical (unpaired) electrons. The molecule has 1 aromatic carbocycles. The van der Waals surface area contributed by atoms with E-state index in [0.717, 1.165) is 12.8 Å². The van der Waals surface area contributed by atoms with Gasteiger partial charge in [0.25, 0.3) is 0 Å². The lowest BCUT2D eigenvalue weighted by molar-refractivity contribution is -0.132. The smallest absolute Gasteiger partial charge is 0.243 e. The molecule has 0 spiro atoms. The largest absolute Gasteiger partial charge is 0.493 e. The van der Waals surface area contributed by atoms with Crippen molar-refractivity contribution in [2.24, 2.45) is 0 Å². The number of piperazine rings is 1. The topological polar surface area (TPSA) is 97.4 Å². The summed E-state index contributed by atoms with van der Waals surface area (Å²) in [5, 5.41) is 3.19. The minimum atomic E-state index is -3.93. The van der Waals surface area contributed by atoms with Crippen molar-refractivity contribution >= 4 is 15.9 Å². The average molecular weight is 428 g/mol. The predicted octanol–water partition coefficient (Wildman–Crippen LogP) is 0.305. The van der Waals surface area contributed by atoms with Crippen LogP contribution >= 0.6 is 0 Å². The van der Waals surface area contributed by atoms with Crippen LogP contribution in [-0.2, 0) is 19.6 Å². The van der Waals surface area contributed by atoms with Crippen molar-refractivity contribution in [3.05, 3.63) is 18.2 Å². The molecule has 162 valence electrons. The van der Waals surface area contributed by atoms with Crippen LogP contribution < -0.4 is 14.8 Å². The van der Waals surface area contributed by atoms with Gasteiger partial charge in [-0.3, -0.25) is 4.79 Å². The van der Waals surface area contributed by atoms with Gasteiger partial charge in [0.1, 0.15) is 0 Å². The number of hydrogen-bond donors (Lipinski definition) is 1. The van der Waals surface area contributed by atoms with Gasteiger partial charge in [0.15, 0.2) is 11.5 Å². The Morgan fingerprint density at radius 1 is 1.24 bits per heavy atom. The molecular weight excluding hydrogens is 398 g/mol. The first-order valence-electron chi connectivity index (χ1n) is 9.78. The summed E-state index contributed by atoms with van der Waals surface area (Å²) in [7, 11) is -0.986. The van der Waals surface area contributed by atoms with Crippen molar-refractivity contribution in [1.82, 2.24) is 14.5 Å². The molecule has 2 aliphatic rings. The summed E-state index contributed by atoms with van der Waals surface area (Å²) in [4.78, 5) is 14.5. The molecule has 3 rings (SSSR count). The fourth-order valence-electron chi connectivity index (χ4n) is 3.55. The number of nitrogens with zero attached hydrogens (tertiary/aromatic N) is 2. The summed E-state index contributed by atoms with van der Waals surface area (Å²) in [5.41, 5.74) is 0. The maximum Gasteiger partial charge on any atom is 0.243 e. The van der Waals surface area contributed by atoms with Crippen LogP contribution in [0.4, 0.5) is 0 Å². The molecule has 10 heteroatoms. The second-order valence-corrected chi connectivity index (χ2v) is 9.02. The van der Waals surface area contributed by atoms with Crippen LogP contribution in [0.1, 0.15) is 12.8 Å². The van der Waals surface area contributed by atoms with E-state index in [2.05, 4.69) is 5.32 Å². The zero-order valence-electron chi connectivity index (χ0n) is 16.9. The highest BCUT2D eigenvalue weighted by Crippen LogP contribution is 2.31. The SMILES string of the molecule is COc1ccc(S(=O)(=O)N(CC(=O)N2CCNCC2)CC2CCCO2)cc1OC. The fourth-order valence-corrected chi connectivity index (χ4v) is 4.99. The molecule has 2 fully saturated rings. The van der Waals surface area contributed by atoms with E-state index in [9.17, 15) is 13.2 Å². The summed E-state index contributed by atoms with van der Waals surface area (Å²) in [6, 6.07) is 4.44. The number of ether oxygens (including phenoxy) is 3. The van der Waals surface area contributed by atoms with Crippen molar-refractivity contribution in [2.45, 2.75) is 23.8 Å². The third-order valence-electron chi connectivity index (χ3n) is 5.21. The van der Waals surface area contributed by atoms with Crippen molar-refractivity contribution in [2.75, 3.05) is 60.1 Å². The van der Waals surface area contributed by atoms with Gasteiger partial charge in [0, 0.05) is 45.4 Å². The predicted molar refractivity (Wildman–Crippen MR) is 107 cm³/mol. The minimum absolute atomic E-state index is 0.0567. The highest BCUT2D eigenvalue weighted by Gasteiger charge is 2.32. The number of methoxy groups -OCH3 is 2. The highest BCUT2D eigenvalue weighted by molar-refractivity contribution is 7.89. The molecule has 0 saturated carbocycles. The summed E-state index contributed by atoms with van der Waals surface area (Å²) >= 11 is 0. The maximum atomic E-state index is 13.4. The maximum absolute atomic E-state index is 13.4. The van der Waals surface area contributed by atoms with Gasteiger partial charge in [-0.1, -0.05) is 0 Å². The van der Waals surface area contributed by atoms with E-state index in [4.69, 9.17) is 14.2 Å². The number of nitrogens with one attached hydrogen (secondary N) is 1. The van der Waals surface area contributed by atoms with Crippen molar-refractivity contribution in [3.63, 3.8) is 0 Å². The fraction of sp³-hybridized carbons (Fsp3) is 0.632. The van der Waals surface area contributed by atoms with E-state index in [0.29, 0.717) is 44.3 Å². The summed E-state index contributed by atoms with van der Waals surface area (Å²) in [6.07, 6.45) is 1.46. The van der Waals surface area contributed by atoms with Gasteiger partial charge in [-0.25, -0.2) is 8.42 Å². The molecule has 1 atom stereocenters. The van der Waals surface area contributed by atoms with Crippen molar-refractivity contribution in [1.29, 1.82) is 0 Å². The van der Waals surface area contributed by atoms with E-state index < -0.39 is 10.0 Å². The standard InChI is InChI=1S/C19H29N3O6S/c1-26-17-6-5-16(12-18(17)27-2)29(24,25)22(13-15-4-3-11-28-15)14-19(23)21-9-7-20-8-10-21/h5-6,12,15,20H,3-4,7-11,13-14H2,1-2H3. The van der Waals surface area contributed by atoms with Gasteiger partial charge in [-0.2, -0.15) is 4.31 Å². The van der Waals surface area contributed by atoms with Crippen LogP contribution in [0.2, 0.25) is 0 Å². The lowest BCUT2D eigenvalue weighted by Crippen LogP contribution is -2.51. The molecule has 1 aromatic rings. The Bertz CT molecular complexity index is 804. The van der Waals surface area contributed by atoms with E-state index >= 15 is 0 Å². The molecule has 1 N–H and O–H groups in total. The molecule has 2 saturated heterocycles. The van der Waals surface area contributed by atoms with Gasteiger partial charge in [-0.15, -0.1) is 0 Å². The summed E-state index contributed by atoms with van der Waals surface area (Å²) < 4.78 is 44.1. The van der Waals surface area contributed by atoms with Crippen LogP contribution in [-0.4, -0.2) is 89.7 Å². The van der Waals surface area contributed by atoms with Crippen LogP contribution in [0, 0.1) is 0 Å². The number of carbonyl (C=O) groups is 1. The molecule has 2 aliphatic heterocycles. The van der Waals surface area contributed by atoms with E-state index in [1.807, 2.05) is 0 Å². The number of amides is 1. The zero-order chi connectivity index (χ0) is 20.9. The molecular formula is C19H29N3O6S. The number of hydrogen-bond acceptors (Lipinski definition) is 7. The van der Waals surface area contributed by atoms with Gasteiger partial charge < -0.3 is 24.4 Å². The molecule has 1 amide bonds. The van der Waals surface area contributed by atoms with Crippen LogP contribution in [0.5, 0.6) is 11.5 Å². The van der Waals surface area contributed by atoms with E-state index in [1.165, 1.54) is 30.7 Å². The Balaban J connectivity index is 1.85. The monoisotopic (exact) mass is 427 g/mol. The Hall–Kier alpha value is -1.88. The molecule has 0 bridgehead atoms. The van der Waals surface area contributed by atoms with Crippen LogP contribution in [0.15, 0.2) is 23.1 Å². The number of carbonyl (C=O) groups excluding carboxylic acids is 1. The number of sulfonamides is 1. The average Bonchev–Trinajstić information content (AvgIpc) is 3.26. The third-order valence-corrected chi connectivity index (χ3v) is 7.01. The lowest BCUT2D eigenvalue weighted by atomic mass is 10.2. The molecule has 0 aromatic heterocycles. The first-order chi connectivity index (χ1) is 14.0. The quantitative estimate of drug-likeness (QED) is 0.637. The first-order valence-corrected chi connectivity index (χ1v) is 11.2. The lowest BCUT2D eigenvalue weighted by Gasteiger charge is -2.31. The minimum Gasteiger partial charge on any atom is -0.493 e. The van der Waals surface area contributed by atoms with Crippen LogP contribution in [0.3, 0.4) is 0 Å². The molecule has 29 heavy (non-hydrogen) atoms. The van der Waals surface area contributed by atoms with Gasteiger partial charge >= 0.3 is 0 Å². The third kappa shape index (κ3) is 5.19. The summed E-state index contributed by atoms with van der Waals surface area (Å²) in [5.74, 6) is 0.557. The number of benzene rings is 1. The Morgan fingerprint density at radius 3 is 2.59 bits per heavy atom. The van der Waals surface area contributed by atoms with E-state index in [-0.39, 0.29) is 30.0 Å². The zero-order valence-corrected chi connectivity index (χ0v) is 17.7. The summed E-state index contributed by atoms with van der Waals surface area (Å²) in [6.45, 7) is 3.11. The molecule has 9 nitrogen and oxygen atoms in total. The van der Waals surface area contributed by atoms with Crippen molar-refractivity contribution in [3.8, 4) is 11.5 Å². The Kier molecular flexibility index (Phi) is 7.33. The molecule has 2 heterocycles. The molecule has 0 aliphatic carbocycles. The highest BCUT2D eigenvalue weighted by atomic mass is 32.2. The Labute approximate surface area is 171 Å². The van der Waals surface area contributed by atoms with Gasteiger partial charge in [0.2, 0.25) is 15.9 Å². The van der Waals surface area contributed by atoms with E-state index in [1.54, 1.807) is 11.0 Å². The van der Waals surface area contributed by atoms with Crippen molar-refractivity contribution < 1.29 is 27.4 Å². The second-order valence-electron chi connectivity index (χ2n) is 7.08. The van der Waals surface area contributed by atoms with Gasteiger partial charge in [-0.05, 0) is 25.0 Å². The van der Waals surface area contributed by atoms with Gasteiger partial charge in [0.05, 0.1) is 31.8 Å². The second kappa shape index (κ2) is 9.75. The Morgan fingerprint density at radius 2 is 1.97 bits per heavy atom. The number of rotatable bonds is 8. The van der Waals surface area contributed by atoms with Crippen LogP contribution in [0.25, 0.3) is 0 Å². The normalized spacial score (nSPS) is 20.1.